The second-order valence-electron chi connectivity index (χ2n) is 4.91. The van der Waals surface area contributed by atoms with Gasteiger partial charge in [-0.25, -0.2) is 9.97 Å². The highest BCUT2D eigenvalue weighted by Gasteiger charge is 2.00. The standard InChI is InChI=1S/C9H10N2.C7H7N3O.C2H6/c1-2-11-7-10-8-5-3-4-6-9(8)11;1-10-3-2-5-6(10)8-4-9-7(5)11;1-2/h3-7H,2H2,1H3;2-4H,1H3,(H,8,9,11);1-2H3. The predicted octanol–water partition coefficient (Wildman–Crippen LogP) is 3.34. The van der Waals surface area contributed by atoms with Crippen molar-refractivity contribution in [3.8, 4) is 0 Å². The van der Waals surface area contributed by atoms with Crippen LogP contribution >= 0.6 is 0 Å². The molecule has 3 aromatic heterocycles. The average molecular weight is 325 g/mol. The second kappa shape index (κ2) is 8.10. The Morgan fingerprint density at radius 1 is 1.12 bits per heavy atom. The Morgan fingerprint density at radius 2 is 1.88 bits per heavy atom. The van der Waals surface area contributed by atoms with Gasteiger partial charge in [0.05, 0.1) is 29.1 Å². The van der Waals surface area contributed by atoms with Gasteiger partial charge in [-0.15, -0.1) is 0 Å². The number of rotatable bonds is 1. The van der Waals surface area contributed by atoms with Crippen LogP contribution in [0.2, 0.25) is 0 Å². The van der Waals surface area contributed by atoms with Crippen LogP contribution < -0.4 is 5.56 Å². The maximum Gasteiger partial charge on any atom is 0.260 e. The van der Waals surface area contributed by atoms with Gasteiger partial charge in [-0.1, -0.05) is 26.0 Å². The van der Waals surface area contributed by atoms with Crippen LogP contribution in [0, 0.1) is 0 Å². The van der Waals surface area contributed by atoms with Gasteiger partial charge in [0.25, 0.3) is 5.56 Å². The van der Waals surface area contributed by atoms with E-state index < -0.39 is 0 Å². The summed E-state index contributed by atoms with van der Waals surface area (Å²) in [6, 6.07) is 9.92. The van der Waals surface area contributed by atoms with Crippen LogP contribution in [0.4, 0.5) is 0 Å². The molecule has 6 heteroatoms. The van der Waals surface area contributed by atoms with Crippen molar-refractivity contribution in [1.29, 1.82) is 0 Å². The third-order valence-electron chi connectivity index (χ3n) is 3.53. The maximum atomic E-state index is 11.1. The highest BCUT2D eigenvalue weighted by molar-refractivity contribution is 5.75. The van der Waals surface area contributed by atoms with E-state index in [0.29, 0.717) is 11.0 Å². The molecule has 0 aliphatic rings. The molecule has 0 aliphatic carbocycles. The number of fused-ring (bicyclic) bond motifs is 2. The van der Waals surface area contributed by atoms with Crippen LogP contribution in [-0.2, 0) is 13.6 Å². The van der Waals surface area contributed by atoms with Crippen molar-refractivity contribution < 1.29 is 0 Å². The maximum absolute atomic E-state index is 11.1. The lowest BCUT2D eigenvalue weighted by Crippen LogP contribution is -2.05. The normalized spacial score (nSPS) is 10.0. The first kappa shape index (κ1) is 17.5. The Labute approximate surface area is 140 Å². The molecule has 0 bridgehead atoms. The number of nitrogens with zero attached hydrogens (tertiary/aromatic N) is 4. The van der Waals surface area contributed by atoms with Crippen LogP contribution in [0.5, 0.6) is 0 Å². The van der Waals surface area contributed by atoms with E-state index in [4.69, 9.17) is 0 Å². The van der Waals surface area contributed by atoms with Gasteiger partial charge in [0.15, 0.2) is 0 Å². The third-order valence-corrected chi connectivity index (χ3v) is 3.53. The summed E-state index contributed by atoms with van der Waals surface area (Å²) < 4.78 is 3.94. The molecule has 0 aliphatic heterocycles. The first-order valence-electron chi connectivity index (χ1n) is 8.09. The zero-order chi connectivity index (χ0) is 17.5. The van der Waals surface area contributed by atoms with E-state index in [1.807, 2.05) is 56.2 Å². The molecule has 4 aromatic rings. The topological polar surface area (TPSA) is 68.5 Å². The Bertz CT molecular complexity index is 964. The number of aromatic nitrogens is 5. The largest absolute Gasteiger partial charge is 0.335 e. The van der Waals surface area contributed by atoms with E-state index in [0.717, 1.165) is 12.1 Å². The molecule has 6 nitrogen and oxygen atoms in total. The molecule has 1 N–H and O–H groups in total. The minimum Gasteiger partial charge on any atom is -0.335 e. The summed E-state index contributed by atoms with van der Waals surface area (Å²) in [5.41, 5.74) is 2.92. The van der Waals surface area contributed by atoms with Gasteiger partial charge in [0.1, 0.15) is 5.65 Å². The molecule has 0 unspecified atom stereocenters. The minimum absolute atomic E-state index is 0.0874. The van der Waals surface area contributed by atoms with Crippen molar-refractivity contribution in [2.24, 2.45) is 7.05 Å². The van der Waals surface area contributed by atoms with Crippen molar-refractivity contribution >= 4 is 22.1 Å². The number of aromatic amines is 1. The van der Waals surface area contributed by atoms with E-state index in [9.17, 15) is 4.79 Å². The molecule has 0 saturated heterocycles. The lowest BCUT2D eigenvalue weighted by molar-refractivity contribution is 0.787. The van der Waals surface area contributed by atoms with Crippen molar-refractivity contribution in [2.75, 3.05) is 0 Å². The number of hydrogen-bond donors (Lipinski definition) is 1. The third kappa shape index (κ3) is 3.53. The molecule has 24 heavy (non-hydrogen) atoms. The number of aryl methyl sites for hydroxylation is 2. The fourth-order valence-corrected chi connectivity index (χ4v) is 2.35. The molecule has 126 valence electrons. The van der Waals surface area contributed by atoms with Gasteiger partial charge < -0.3 is 14.1 Å². The number of imidazole rings is 1. The predicted molar refractivity (Wildman–Crippen MR) is 98.1 cm³/mol. The van der Waals surface area contributed by atoms with E-state index >= 15 is 0 Å². The summed E-state index contributed by atoms with van der Waals surface area (Å²) in [5, 5.41) is 0.634. The highest BCUT2D eigenvalue weighted by atomic mass is 16.1. The molecule has 0 radical (unpaired) electrons. The SMILES string of the molecule is CC.CCn1cnc2ccccc21.Cn1ccc2c(=O)[nH]cnc21. The second-order valence-corrected chi connectivity index (χ2v) is 4.91. The number of para-hydroxylation sites is 2. The van der Waals surface area contributed by atoms with E-state index in [1.54, 1.807) is 6.07 Å². The quantitative estimate of drug-likeness (QED) is 0.583. The minimum atomic E-state index is -0.0874. The molecule has 1 aromatic carbocycles. The molecule has 0 spiro atoms. The van der Waals surface area contributed by atoms with Crippen molar-refractivity contribution in [3.05, 3.63) is 59.5 Å². The van der Waals surface area contributed by atoms with Crippen LogP contribution in [-0.4, -0.2) is 24.1 Å². The fourth-order valence-electron chi connectivity index (χ4n) is 2.35. The molecular weight excluding hydrogens is 302 g/mol. The van der Waals surface area contributed by atoms with Crippen molar-refractivity contribution in [3.63, 3.8) is 0 Å². The van der Waals surface area contributed by atoms with Crippen LogP contribution in [0.3, 0.4) is 0 Å². The van der Waals surface area contributed by atoms with Gasteiger partial charge in [0.2, 0.25) is 0 Å². The zero-order valence-electron chi connectivity index (χ0n) is 14.5. The number of benzene rings is 1. The Hall–Kier alpha value is -2.89. The summed E-state index contributed by atoms with van der Waals surface area (Å²) in [7, 11) is 1.86. The summed E-state index contributed by atoms with van der Waals surface area (Å²) in [5.74, 6) is 0. The number of H-pyrrole nitrogens is 1. The van der Waals surface area contributed by atoms with Gasteiger partial charge in [0, 0.05) is 19.8 Å². The fraction of sp³-hybridized carbons (Fsp3) is 0.278. The molecule has 3 heterocycles. The lowest BCUT2D eigenvalue weighted by Gasteiger charge is -1.95. The lowest BCUT2D eigenvalue weighted by atomic mass is 10.3. The van der Waals surface area contributed by atoms with Crippen molar-refractivity contribution in [1.82, 2.24) is 24.1 Å². The molecule has 4 rings (SSSR count). The summed E-state index contributed by atoms with van der Waals surface area (Å²) in [6.07, 6.45) is 5.10. The number of hydrogen-bond acceptors (Lipinski definition) is 3. The summed E-state index contributed by atoms with van der Waals surface area (Å²) >= 11 is 0. The van der Waals surface area contributed by atoms with Gasteiger partial charge in [-0.2, -0.15) is 0 Å². The molecule has 0 amide bonds. The summed E-state index contributed by atoms with van der Waals surface area (Å²) in [4.78, 5) is 21.9. The average Bonchev–Trinajstić information content (AvgIpc) is 3.22. The van der Waals surface area contributed by atoms with Crippen LogP contribution in [0.25, 0.3) is 22.1 Å². The van der Waals surface area contributed by atoms with E-state index in [1.165, 1.54) is 11.8 Å². The zero-order valence-corrected chi connectivity index (χ0v) is 14.5. The Morgan fingerprint density at radius 3 is 2.58 bits per heavy atom. The monoisotopic (exact) mass is 325 g/mol. The Kier molecular flexibility index (Phi) is 5.89. The highest BCUT2D eigenvalue weighted by Crippen LogP contribution is 2.10. The van der Waals surface area contributed by atoms with Crippen LogP contribution in [0.1, 0.15) is 20.8 Å². The van der Waals surface area contributed by atoms with E-state index in [2.05, 4.69) is 32.5 Å². The van der Waals surface area contributed by atoms with E-state index in [-0.39, 0.29) is 5.56 Å². The molecule has 0 atom stereocenters. The van der Waals surface area contributed by atoms with Crippen molar-refractivity contribution in [2.45, 2.75) is 27.3 Å². The Balaban J connectivity index is 0.000000158. The number of nitrogens with one attached hydrogen (secondary N) is 1. The first-order chi connectivity index (χ1) is 11.7. The molecule has 0 fully saturated rings. The molecule has 0 saturated carbocycles. The first-order valence-corrected chi connectivity index (χ1v) is 8.09. The summed E-state index contributed by atoms with van der Waals surface area (Å²) in [6.45, 7) is 7.11. The molecular formula is C18H23N5O. The van der Waals surface area contributed by atoms with Gasteiger partial charge >= 0.3 is 0 Å². The van der Waals surface area contributed by atoms with Gasteiger partial charge in [-0.3, -0.25) is 4.79 Å². The smallest absolute Gasteiger partial charge is 0.260 e. The van der Waals surface area contributed by atoms with Crippen LogP contribution in [0.15, 0.2) is 54.0 Å². The van der Waals surface area contributed by atoms with Gasteiger partial charge in [-0.05, 0) is 25.1 Å².